The molecule has 0 spiro atoms. The van der Waals surface area contributed by atoms with E-state index in [-0.39, 0.29) is 11.6 Å². The molecule has 0 aliphatic rings. The first-order valence-electron chi connectivity index (χ1n) is 7.30. The van der Waals surface area contributed by atoms with Gasteiger partial charge >= 0.3 is 0 Å². The molecule has 1 heterocycles. The van der Waals surface area contributed by atoms with E-state index in [1.807, 2.05) is 13.8 Å². The minimum absolute atomic E-state index is 0.289. The Morgan fingerprint density at radius 1 is 1.00 bits per heavy atom. The molecular formula is C17H22FN3. The van der Waals surface area contributed by atoms with Crippen LogP contribution in [0.3, 0.4) is 0 Å². The second kappa shape index (κ2) is 6.20. The van der Waals surface area contributed by atoms with Crippen molar-refractivity contribution in [2.24, 2.45) is 0 Å². The lowest BCUT2D eigenvalue weighted by molar-refractivity contribution is 0.605. The van der Waals surface area contributed by atoms with Crippen LogP contribution in [0.4, 0.5) is 10.2 Å². The van der Waals surface area contributed by atoms with Gasteiger partial charge in [0.1, 0.15) is 0 Å². The van der Waals surface area contributed by atoms with Gasteiger partial charge in [0.2, 0.25) is 0 Å². The van der Waals surface area contributed by atoms with Crippen LogP contribution >= 0.6 is 0 Å². The average molecular weight is 287 g/mol. The van der Waals surface area contributed by atoms with Gasteiger partial charge in [-0.05, 0) is 56.9 Å². The normalized spacial score (nSPS) is 10.8. The molecule has 0 fully saturated rings. The van der Waals surface area contributed by atoms with Crippen LogP contribution in [0.1, 0.15) is 35.7 Å². The van der Waals surface area contributed by atoms with Crippen molar-refractivity contribution in [1.29, 1.82) is 0 Å². The van der Waals surface area contributed by atoms with Crippen molar-refractivity contribution in [2.45, 2.75) is 41.0 Å². The summed E-state index contributed by atoms with van der Waals surface area (Å²) in [7, 11) is 0. The summed E-state index contributed by atoms with van der Waals surface area (Å²) in [5, 5.41) is 3.03. The smallest absolute Gasteiger partial charge is 0.186 e. The Kier molecular flexibility index (Phi) is 4.56. The first-order chi connectivity index (χ1) is 9.93. The Balaban J connectivity index is 2.54. The van der Waals surface area contributed by atoms with Gasteiger partial charge < -0.3 is 5.32 Å². The topological polar surface area (TPSA) is 37.8 Å². The minimum atomic E-state index is -0.367. The average Bonchev–Trinajstić information content (AvgIpc) is 2.44. The Hall–Kier alpha value is -1.97. The van der Waals surface area contributed by atoms with Crippen LogP contribution in [0.5, 0.6) is 0 Å². The SMILES string of the molecule is CCCNc1nc(-c2cc(C)c(C)cc2C)nc(C)c1F. The van der Waals surface area contributed by atoms with E-state index in [0.29, 0.717) is 18.1 Å². The Labute approximate surface area is 125 Å². The summed E-state index contributed by atoms with van der Waals surface area (Å²) in [6.07, 6.45) is 0.917. The zero-order chi connectivity index (χ0) is 15.6. The van der Waals surface area contributed by atoms with Crippen LogP contribution in [-0.4, -0.2) is 16.5 Å². The number of hydrogen-bond donors (Lipinski definition) is 1. The number of halogens is 1. The highest BCUT2D eigenvalue weighted by molar-refractivity contribution is 5.64. The summed E-state index contributed by atoms with van der Waals surface area (Å²) in [4.78, 5) is 8.69. The van der Waals surface area contributed by atoms with Gasteiger partial charge in [-0.1, -0.05) is 13.0 Å². The lowest BCUT2D eigenvalue weighted by Crippen LogP contribution is -2.08. The number of benzene rings is 1. The van der Waals surface area contributed by atoms with Gasteiger partial charge in [-0.15, -0.1) is 0 Å². The lowest BCUT2D eigenvalue weighted by atomic mass is 10.0. The molecule has 0 saturated carbocycles. The molecule has 4 heteroatoms. The molecule has 0 aliphatic heterocycles. The highest BCUT2D eigenvalue weighted by atomic mass is 19.1. The first kappa shape index (κ1) is 15.4. The van der Waals surface area contributed by atoms with Crippen molar-refractivity contribution in [3.63, 3.8) is 0 Å². The Bertz CT molecular complexity index is 666. The molecule has 2 rings (SSSR count). The fraction of sp³-hybridized carbons (Fsp3) is 0.412. The van der Waals surface area contributed by atoms with Gasteiger partial charge in [0.15, 0.2) is 17.5 Å². The third-order valence-corrected chi connectivity index (χ3v) is 3.64. The zero-order valence-corrected chi connectivity index (χ0v) is 13.3. The Morgan fingerprint density at radius 2 is 1.67 bits per heavy atom. The van der Waals surface area contributed by atoms with Crippen LogP contribution in [0.2, 0.25) is 0 Å². The molecule has 0 amide bonds. The van der Waals surface area contributed by atoms with Gasteiger partial charge in [0, 0.05) is 12.1 Å². The van der Waals surface area contributed by atoms with Gasteiger partial charge in [0.25, 0.3) is 0 Å². The molecule has 112 valence electrons. The number of nitrogens with one attached hydrogen (secondary N) is 1. The number of nitrogens with zero attached hydrogens (tertiary/aromatic N) is 2. The second-order valence-electron chi connectivity index (χ2n) is 5.47. The third kappa shape index (κ3) is 3.20. The maximum Gasteiger partial charge on any atom is 0.186 e. The molecule has 0 saturated heterocycles. The molecule has 0 radical (unpaired) electrons. The number of aromatic nitrogens is 2. The summed E-state index contributed by atoms with van der Waals surface area (Å²) in [6.45, 7) is 10.6. The van der Waals surface area contributed by atoms with Crippen LogP contribution in [0.25, 0.3) is 11.4 Å². The quantitative estimate of drug-likeness (QED) is 0.909. The van der Waals surface area contributed by atoms with Crippen LogP contribution in [0, 0.1) is 33.5 Å². The number of rotatable bonds is 4. The summed E-state index contributed by atoms with van der Waals surface area (Å²) in [5.41, 5.74) is 4.85. The van der Waals surface area contributed by atoms with E-state index in [1.165, 1.54) is 11.1 Å². The van der Waals surface area contributed by atoms with Crippen molar-refractivity contribution in [3.8, 4) is 11.4 Å². The van der Waals surface area contributed by atoms with Crippen molar-refractivity contribution in [1.82, 2.24) is 9.97 Å². The van der Waals surface area contributed by atoms with Crippen LogP contribution in [-0.2, 0) is 0 Å². The van der Waals surface area contributed by atoms with Crippen molar-refractivity contribution >= 4 is 5.82 Å². The highest BCUT2D eigenvalue weighted by Crippen LogP contribution is 2.26. The monoisotopic (exact) mass is 287 g/mol. The summed E-state index contributed by atoms with van der Waals surface area (Å²) >= 11 is 0. The fourth-order valence-corrected chi connectivity index (χ4v) is 2.24. The third-order valence-electron chi connectivity index (χ3n) is 3.64. The first-order valence-corrected chi connectivity index (χ1v) is 7.30. The van der Waals surface area contributed by atoms with E-state index in [0.717, 1.165) is 17.5 Å². The minimum Gasteiger partial charge on any atom is -0.368 e. The molecule has 21 heavy (non-hydrogen) atoms. The number of aryl methyl sites for hydroxylation is 4. The molecule has 0 unspecified atom stereocenters. The second-order valence-corrected chi connectivity index (χ2v) is 5.47. The van der Waals surface area contributed by atoms with E-state index >= 15 is 0 Å². The maximum absolute atomic E-state index is 14.1. The Morgan fingerprint density at radius 3 is 2.33 bits per heavy atom. The predicted molar refractivity (Wildman–Crippen MR) is 85.2 cm³/mol. The van der Waals surface area contributed by atoms with Crippen LogP contribution < -0.4 is 5.32 Å². The van der Waals surface area contributed by atoms with Crippen LogP contribution in [0.15, 0.2) is 12.1 Å². The summed E-state index contributed by atoms with van der Waals surface area (Å²) in [6, 6.07) is 4.19. The summed E-state index contributed by atoms with van der Waals surface area (Å²) < 4.78 is 14.1. The molecule has 0 atom stereocenters. The molecule has 1 N–H and O–H groups in total. The number of anilines is 1. The number of hydrogen-bond acceptors (Lipinski definition) is 3. The standard InChI is InChI=1S/C17H22FN3/c1-6-7-19-17-15(18)13(5)20-16(21-17)14-9-11(3)10(2)8-12(14)4/h8-9H,6-7H2,1-5H3,(H,19,20,21). The van der Waals surface area contributed by atoms with E-state index < -0.39 is 0 Å². The largest absolute Gasteiger partial charge is 0.368 e. The van der Waals surface area contributed by atoms with Gasteiger partial charge in [-0.25, -0.2) is 14.4 Å². The molecule has 1 aromatic carbocycles. The molecule has 0 bridgehead atoms. The van der Waals surface area contributed by atoms with Gasteiger partial charge in [0.05, 0.1) is 5.69 Å². The highest BCUT2D eigenvalue weighted by Gasteiger charge is 2.14. The van der Waals surface area contributed by atoms with Crippen molar-refractivity contribution in [2.75, 3.05) is 11.9 Å². The molecule has 2 aromatic rings. The molecule has 0 aliphatic carbocycles. The van der Waals surface area contributed by atoms with Gasteiger partial charge in [-0.2, -0.15) is 0 Å². The van der Waals surface area contributed by atoms with Crippen molar-refractivity contribution in [3.05, 3.63) is 40.3 Å². The summed E-state index contributed by atoms with van der Waals surface area (Å²) in [5.74, 6) is 0.499. The predicted octanol–water partition coefficient (Wildman–Crippen LogP) is 4.34. The van der Waals surface area contributed by atoms with E-state index in [4.69, 9.17) is 0 Å². The van der Waals surface area contributed by atoms with E-state index in [2.05, 4.69) is 41.3 Å². The van der Waals surface area contributed by atoms with E-state index in [9.17, 15) is 4.39 Å². The van der Waals surface area contributed by atoms with E-state index in [1.54, 1.807) is 6.92 Å². The fourth-order valence-electron chi connectivity index (χ4n) is 2.24. The zero-order valence-electron chi connectivity index (χ0n) is 13.3. The van der Waals surface area contributed by atoms with Crippen molar-refractivity contribution < 1.29 is 4.39 Å². The molecule has 3 nitrogen and oxygen atoms in total. The maximum atomic E-state index is 14.1. The van der Waals surface area contributed by atoms with Gasteiger partial charge in [-0.3, -0.25) is 0 Å². The molecular weight excluding hydrogens is 265 g/mol. The molecule has 1 aromatic heterocycles. The lowest BCUT2D eigenvalue weighted by Gasteiger charge is -2.12.